The molecule has 0 aromatic carbocycles. The Kier molecular flexibility index (Phi) is 3.01. The van der Waals surface area contributed by atoms with Crippen molar-refractivity contribution in [3.8, 4) is 0 Å². The number of nitrogens with zero attached hydrogens (tertiary/aromatic N) is 1. The maximum absolute atomic E-state index is 12.1. The van der Waals surface area contributed by atoms with Gasteiger partial charge in [-0.1, -0.05) is 12.8 Å². The van der Waals surface area contributed by atoms with Crippen LogP contribution in [0.25, 0.3) is 0 Å². The molecule has 2 saturated carbocycles. The summed E-state index contributed by atoms with van der Waals surface area (Å²) in [4.78, 5) is 14.1. The second-order valence-electron chi connectivity index (χ2n) is 5.16. The molecule has 0 aromatic rings. The van der Waals surface area contributed by atoms with Crippen LogP contribution >= 0.6 is 0 Å². The minimum atomic E-state index is -0.181. The second-order valence-corrected chi connectivity index (χ2v) is 5.16. The standard InChI is InChI=1S/C12H22N2O/c1-2-14(10-5-6-10)11(15)9-12(13)7-3-4-8-12/h10H,2-9,13H2,1H3. The molecule has 2 aliphatic carbocycles. The Bertz CT molecular complexity index is 242. The summed E-state index contributed by atoms with van der Waals surface area (Å²) in [5, 5.41) is 0. The van der Waals surface area contributed by atoms with E-state index >= 15 is 0 Å². The third kappa shape index (κ3) is 2.51. The lowest BCUT2D eigenvalue weighted by Gasteiger charge is -2.28. The maximum Gasteiger partial charge on any atom is 0.224 e. The average molecular weight is 210 g/mol. The minimum absolute atomic E-state index is 0.181. The zero-order valence-corrected chi connectivity index (χ0v) is 9.67. The molecular weight excluding hydrogens is 188 g/mol. The molecular formula is C12H22N2O. The van der Waals surface area contributed by atoms with Gasteiger partial charge in [-0.05, 0) is 32.6 Å². The number of carbonyl (C=O) groups is 1. The van der Waals surface area contributed by atoms with Gasteiger partial charge in [0, 0.05) is 24.5 Å². The maximum atomic E-state index is 12.1. The van der Waals surface area contributed by atoms with Crippen LogP contribution in [0.15, 0.2) is 0 Å². The molecule has 0 aliphatic heterocycles. The SMILES string of the molecule is CCN(C(=O)CC1(N)CCCC1)C1CC1. The number of hydrogen-bond acceptors (Lipinski definition) is 2. The Morgan fingerprint density at radius 1 is 1.40 bits per heavy atom. The molecule has 3 heteroatoms. The molecule has 2 rings (SSSR count). The fourth-order valence-electron chi connectivity index (χ4n) is 2.68. The molecule has 0 radical (unpaired) electrons. The Morgan fingerprint density at radius 3 is 2.47 bits per heavy atom. The summed E-state index contributed by atoms with van der Waals surface area (Å²) in [5.74, 6) is 0.282. The van der Waals surface area contributed by atoms with E-state index in [9.17, 15) is 4.79 Å². The highest BCUT2D eigenvalue weighted by molar-refractivity contribution is 5.78. The number of amides is 1. The molecule has 0 heterocycles. The number of carbonyl (C=O) groups excluding carboxylic acids is 1. The van der Waals surface area contributed by atoms with Gasteiger partial charge in [0.15, 0.2) is 0 Å². The Labute approximate surface area is 92.0 Å². The smallest absolute Gasteiger partial charge is 0.224 e. The van der Waals surface area contributed by atoms with Gasteiger partial charge in [-0.15, -0.1) is 0 Å². The third-order valence-electron chi connectivity index (χ3n) is 3.75. The molecule has 1 amide bonds. The van der Waals surface area contributed by atoms with Gasteiger partial charge in [-0.2, -0.15) is 0 Å². The first-order valence-electron chi connectivity index (χ1n) is 6.23. The summed E-state index contributed by atoms with van der Waals surface area (Å²) >= 11 is 0. The van der Waals surface area contributed by atoms with E-state index in [1.54, 1.807) is 0 Å². The van der Waals surface area contributed by atoms with E-state index in [0.29, 0.717) is 12.5 Å². The topological polar surface area (TPSA) is 46.3 Å². The summed E-state index contributed by atoms with van der Waals surface area (Å²) in [6, 6.07) is 0.535. The first-order chi connectivity index (χ1) is 7.14. The van der Waals surface area contributed by atoms with E-state index in [1.165, 1.54) is 25.7 Å². The van der Waals surface area contributed by atoms with E-state index in [4.69, 9.17) is 5.73 Å². The van der Waals surface area contributed by atoms with Crippen molar-refractivity contribution in [2.45, 2.75) is 63.5 Å². The van der Waals surface area contributed by atoms with Crippen LogP contribution in [-0.4, -0.2) is 28.9 Å². The molecule has 0 spiro atoms. The van der Waals surface area contributed by atoms with Crippen molar-refractivity contribution < 1.29 is 4.79 Å². The Hall–Kier alpha value is -0.570. The highest BCUT2D eigenvalue weighted by Crippen LogP contribution is 2.33. The zero-order valence-electron chi connectivity index (χ0n) is 9.67. The van der Waals surface area contributed by atoms with Crippen molar-refractivity contribution >= 4 is 5.91 Å². The van der Waals surface area contributed by atoms with Crippen LogP contribution in [0.2, 0.25) is 0 Å². The van der Waals surface area contributed by atoms with Crippen molar-refractivity contribution in [3.05, 3.63) is 0 Å². The number of rotatable bonds is 4. The summed E-state index contributed by atoms with van der Waals surface area (Å²) in [6.07, 6.45) is 7.40. The molecule has 0 aromatic heterocycles. The quantitative estimate of drug-likeness (QED) is 0.767. The zero-order chi connectivity index (χ0) is 10.9. The van der Waals surface area contributed by atoms with Gasteiger partial charge < -0.3 is 10.6 Å². The third-order valence-corrected chi connectivity index (χ3v) is 3.75. The highest BCUT2D eigenvalue weighted by atomic mass is 16.2. The second kappa shape index (κ2) is 4.12. The van der Waals surface area contributed by atoms with E-state index in [-0.39, 0.29) is 11.4 Å². The van der Waals surface area contributed by atoms with Crippen LogP contribution in [-0.2, 0) is 4.79 Å². The van der Waals surface area contributed by atoms with Crippen LogP contribution < -0.4 is 5.73 Å². The summed E-state index contributed by atoms with van der Waals surface area (Å²) in [7, 11) is 0. The fraction of sp³-hybridized carbons (Fsp3) is 0.917. The van der Waals surface area contributed by atoms with Crippen LogP contribution in [0.1, 0.15) is 51.9 Å². The van der Waals surface area contributed by atoms with Crippen LogP contribution in [0.4, 0.5) is 0 Å². The van der Waals surface area contributed by atoms with Crippen molar-refractivity contribution in [2.75, 3.05) is 6.54 Å². The summed E-state index contributed by atoms with van der Waals surface area (Å²) < 4.78 is 0. The molecule has 0 bridgehead atoms. The fourth-order valence-corrected chi connectivity index (χ4v) is 2.68. The Morgan fingerprint density at radius 2 is 2.00 bits per heavy atom. The minimum Gasteiger partial charge on any atom is -0.340 e. The van der Waals surface area contributed by atoms with Crippen molar-refractivity contribution in [1.82, 2.24) is 4.90 Å². The molecule has 0 unspecified atom stereocenters. The molecule has 3 nitrogen and oxygen atoms in total. The van der Waals surface area contributed by atoms with E-state index < -0.39 is 0 Å². The largest absolute Gasteiger partial charge is 0.340 e. The normalized spacial score (nSPS) is 24.1. The van der Waals surface area contributed by atoms with Gasteiger partial charge in [0.05, 0.1) is 0 Å². The Balaban J connectivity index is 1.89. The molecule has 0 atom stereocenters. The lowest BCUT2D eigenvalue weighted by Crippen LogP contribution is -2.44. The van der Waals surface area contributed by atoms with Crippen LogP contribution in [0.3, 0.4) is 0 Å². The van der Waals surface area contributed by atoms with Gasteiger partial charge in [0.2, 0.25) is 5.91 Å². The van der Waals surface area contributed by atoms with Gasteiger partial charge in [0.1, 0.15) is 0 Å². The van der Waals surface area contributed by atoms with Gasteiger partial charge in [-0.25, -0.2) is 0 Å². The van der Waals surface area contributed by atoms with Crippen molar-refractivity contribution in [1.29, 1.82) is 0 Å². The van der Waals surface area contributed by atoms with Crippen molar-refractivity contribution in [2.24, 2.45) is 5.73 Å². The van der Waals surface area contributed by atoms with Gasteiger partial charge in [0.25, 0.3) is 0 Å². The first-order valence-corrected chi connectivity index (χ1v) is 6.23. The predicted octanol–water partition coefficient (Wildman–Crippen LogP) is 1.66. The van der Waals surface area contributed by atoms with Gasteiger partial charge in [-0.3, -0.25) is 4.79 Å². The summed E-state index contributed by atoms with van der Waals surface area (Å²) in [5.41, 5.74) is 6.04. The molecule has 2 N–H and O–H groups in total. The van der Waals surface area contributed by atoms with E-state index in [0.717, 1.165) is 19.4 Å². The van der Waals surface area contributed by atoms with Crippen molar-refractivity contribution in [3.63, 3.8) is 0 Å². The monoisotopic (exact) mass is 210 g/mol. The number of hydrogen-bond donors (Lipinski definition) is 1. The molecule has 86 valence electrons. The van der Waals surface area contributed by atoms with Gasteiger partial charge >= 0.3 is 0 Å². The number of nitrogens with two attached hydrogens (primary N) is 1. The van der Waals surface area contributed by atoms with Crippen LogP contribution in [0, 0.1) is 0 Å². The highest BCUT2D eigenvalue weighted by Gasteiger charge is 2.37. The lowest BCUT2D eigenvalue weighted by molar-refractivity contribution is -0.132. The molecule has 15 heavy (non-hydrogen) atoms. The summed E-state index contributed by atoms with van der Waals surface area (Å²) in [6.45, 7) is 2.91. The first kappa shape index (κ1) is 10.9. The molecule has 2 fully saturated rings. The van der Waals surface area contributed by atoms with E-state index in [2.05, 4.69) is 6.92 Å². The van der Waals surface area contributed by atoms with Crippen LogP contribution in [0.5, 0.6) is 0 Å². The van der Waals surface area contributed by atoms with E-state index in [1.807, 2.05) is 4.90 Å². The molecule has 2 aliphatic rings. The lowest BCUT2D eigenvalue weighted by atomic mass is 9.94. The average Bonchev–Trinajstić information content (AvgIpc) is 2.91. The molecule has 0 saturated heterocycles. The predicted molar refractivity (Wildman–Crippen MR) is 60.4 cm³/mol.